The molecule has 0 atom stereocenters. The third kappa shape index (κ3) is 4.29. The monoisotopic (exact) mass is 381 g/mol. The minimum Gasteiger partial charge on any atom is -0.370 e. The zero-order chi connectivity index (χ0) is 18.9. The standard InChI is InChI=1S/C18H23NO4S2/c1-10(2)14-8-15(13-6-7-24-9-13)17(12(5)20)16(11(3)4)18(14)23-25(19,21)22/h6-11H,1-5H3,(H2,19,21,22). The van der Waals surface area contributed by atoms with Crippen LogP contribution in [0.25, 0.3) is 11.1 Å². The van der Waals surface area contributed by atoms with Crippen LogP contribution in [0.4, 0.5) is 0 Å². The third-order valence-corrected chi connectivity index (χ3v) is 5.01. The van der Waals surface area contributed by atoms with Crippen molar-refractivity contribution in [3.63, 3.8) is 0 Å². The van der Waals surface area contributed by atoms with E-state index < -0.39 is 10.3 Å². The van der Waals surface area contributed by atoms with E-state index in [2.05, 4.69) is 0 Å². The molecular weight excluding hydrogens is 358 g/mol. The Morgan fingerprint density at radius 3 is 2.24 bits per heavy atom. The number of carbonyl (C=O) groups excluding carboxylic acids is 1. The Hall–Kier alpha value is -1.70. The van der Waals surface area contributed by atoms with Crippen molar-refractivity contribution in [2.75, 3.05) is 0 Å². The van der Waals surface area contributed by atoms with Crippen molar-refractivity contribution in [2.24, 2.45) is 5.14 Å². The predicted molar refractivity (Wildman–Crippen MR) is 102 cm³/mol. The van der Waals surface area contributed by atoms with E-state index in [9.17, 15) is 13.2 Å². The fraction of sp³-hybridized carbons (Fsp3) is 0.389. The Kier molecular flexibility index (Phi) is 5.71. The summed E-state index contributed by atoms with van der Waals surface area (Å²) in [6.07, 6.45) is 0. The van der Waals surface area contributed by atoms with Gasteiger partial charge in [-0.15, -0.1) is 0 Å². The maximum atomic E-state index is 12.5. The van der Waals surface area contributed by atoms with Gasteiger partial charge in [0.1, 0.15) is 0 Å². The van der Waals surface area contributed by atoms with Gasteiger partial charge in [-0.3, -0.25) is 4.79 Å². The van der Waals surface area contributed by atoms with E-state index in [4.69, 9.17) is 9.32 Å². The van der Waals surface area contributed by atoms with Gasteiger partial charge in [-0.1, -0.05) is 27.7 Å². The molecule has 2 aromatic rings. The van der Waals surface area contributed by atoms with Crippen LogP contribution in [0.3, 0.4) is 0 Å². The summed E-state index contributed by atoms with van der Waals surface area (Å²) < 4.78 is 28.4. The van der Waals surface area contributed by atoms with Gasteiger partial charge in [0.05, 0.1) is 0 Å². The van der Waals surface area contributed by atoms with Crippen LogP contribution in [0.15, 0.2) is 22.9 Å². The molecule has 0 aliphatic carbocycles. The van der Waals surface area contributed by atoms with Gasteiger partial charge in [-0.2, -0.15) is 24.9 Å². The lowest BCUT2D eigenvalue weighted by Gasteiger charge is -2.23. The molecule has 7 heteroatoms. The van der Waals surface area contributed by atoms with Gasteiger partial charge < -0.3 is 4.18 Å². The first-order chi connectivity index (χ1) is 11.5. The van der Waals surface area contributed by atoms with Gasteiger partial charge >= 0.3 is 10.3 Å². The molecule has 1 heterocycles. The second-order valence-corrected chi connectivity index (χ2v) is 8.52. The van der Waals surface area contributed by atoms with Crippen molar-refractivity contribution < 1.29 is 17.4 Å². The van der Waals surface area contributed by atoms with Crippen LogP contribution < -0.4 is 9.32 Å². The first kappa shape index (κ1) is 19.6. The predicted octanol–water partition coefficient (Wildman–Crippen LogP) is 4.45. The van der Waals surface area contributed by atoms with Crippen LogP contribution in [0, 0.1) is 0 Å². The van der Waals surface area contributed by atoms with Crippen molar-refractivity contribution in [2.45, 2.75) is 46.5 Å². The summed E-state index contributed by atoms with van der Waals surface area (Å²) in [5.74, 6) is -0.0875. The normalized spacial score (nSPS) is 12.0. The van der Waals surface area contributed by atoms with Gasteiger partial charge in [0.25, 0.3) is 0 Å². The maximum absolute atomic E-state index is 12.5. The Bertz CT molecular complexity index is 882. The summed E-state index contributed by atoms with van der Waals surface area (Å²) in [6.45, 7) is 9.17. The second-order valence-electron chi connectivity index (χ2n) is 6.58. The topological polar surface area (TPSA) is 86.5 Å². The van der Waals surface area contributed by atoms with Gasteiger partial charge in [0, 0.05) is 11.1 Å². The Balaban J connectivity index is 2.97. The van der Waals surface area contributed by atoms with Crippen molar-refractivity contribution in [3.05, 3.63) is 39.6 Å². The molecular formula is C18H23NO4S2. The highest BCUT2D eigenvalue weighted by Gasteiger charge is 2.27. The third-order valence-electron chi connectivity index (χ3n) is 3.93. The van der Waals surface area contributed by atoms with Crippen LogP contribution in [0.2, 0.25) is 0 Å². The maximum Gasteiger partial charge on any atom is 0.380 e. The Labute approximate surface area is 153 Å². The Morgan fingerprint density at radius 2 is 1.84 bits per heavy atom. The molecule has 0 aliphatic heterocycles. The molecule has 0 bridgehead atoms. The minimum absolute atomic E-state index is 0.00681. The first-order valence-electron chi connectivity index (χ1n) is 7.99. The van der Waals surface area contributed by atoms with Gasteiger partial charge in [-0.25, -0.2) is 0 Å². The molecule has 0 aliphatic rings. The largest absolute Gasteiger partial charge is 0.380 e. The van der Waals surface area contributed by atoms with Gasteiger partial charge in [0.2, 0.25) is 0 Å². The molecule has 136 valence electrons. The highest BCUT2D eigenvalue weighted by Crippen LogP contribution is 2.43. The summed E-state index contributed by atoms with van der Waals surface area (Å²) in [5, 5.41) is 9.04. The van der Waals surface area contributed by atoms with E-state index in [1.807, 2.05) is 50.6 Å². The molecule has 0 unspecified atom stereocenters. The SMILES string of the molecule is CC(=O)c1c(-c2ccsc2)cc(C(C)C)c(OS(N)(=O)=O)c1C(C)C. The summed E-state index contributed by atoms with van der Waals surface area (Å²) in [4.78, 5) is 12.5. The van der Waals surface area contributed by atoms with E-state index in [0.717, 1.165) is 11.1 Å². The molecule has 0 saturated heterocycles. The van der Waals surface area contributed by atoms with Crippen molar-refractivity contribution in [1.82, 2.24) is 0 Å². The molecule has 0 radical (unpaired) electrons. The fourth-order valence-corrected chi connectivity index (χ4v) is 4.00. The number of hydrogen-bond donors (Lipinski definition) is 1. The molecule has 2 N–H and O–H groups in total. The second kappa shape index (κ2) is 7.27. The molecule has 0 spiro atoms. The zero-order valence-corrected chi connectivity index (χ0v) is 16.6. The molecule has 0 saturated carbocycles. The lowest BCUT2D eigenvalue weighted by molar-refractivity contribution is 0.101. The summed E-state index contributed by atoms with van der Waals surface area (Å²) in [6, 6.07) is 3.79. The summed E-state index contributed by atoms with van der Waals surface area (Å²) in [7, 11) is -4.21. The van der Waals surface area contributed by atoms with Gasteiger partial charge in [-0.05, 0) is 58.3 Å². The van der Waals surface area contributed by atoms with Crippen molar-refractivity contribution >= 4 is 27.4 Å². The number of rotatable bonds is 6. The molecule has 5 nitrogen and oxygen atoms in total. The smallest absolute Gasteiger partial charge is 0.370 e. The molecule has 25 heavy (non-hydrogen) atoms. The number of Topliss-reactive ketones (excluding diaryl/α,β-unsaturated/α-hetero) is 1. The average Bonchev–Trinajstić information content (AvgIpc) is 2.97. The minimum atomic E-state index is -4.21. The van der Waals surface area contributed by atoms with E-state index >= 15 is 0 Å². The lowest BCUT2D eigenvalue weighted by Crippen LogP contribution is -2.22. The lowest BCUT2D eigenvalue weighted by atomic mass is 9.84. The molecule has 2 rings (SSSR count). The number of nitrogens with two attached hydrogens (primary N) is 1. The average molecular weight is 382 g/mol. The number of ketones is 1. The van der Waals surface area contributed by atoms with E-state index in [-0.39, 0.29) is 23.4 Å². The van der Waals surface area contributed by atoms with E-state index in [1.54, 1.807) is 0 Å². The molecule has 0 amide bonds. The first-order valence-corrected chi connectivity index (χ1v) is 10.4. The highest BCUT2D eigenvalue weighted by atomic mass is 32.2. The van der Waals surface area contributed by atoms with E-state index in [1.165, 1.54) is 18.3 Å². The summed E-state index contributed by atoms with van der Waals surface area (Å²) >= 11 is 1.54. The van der Waals surface area contributed by atoms with Crippen LogP contribution in [-0.2, 0) is 10.3 Å². The highest BCUT2D eigenvalue weighted by molar-refractivity contribution is 7.84. The zero-order valence-electron chi connectivity index (χ0n) is 15.0. The van der Waals surface area contributed by atoms with Crippen LogP contribution >= 0.6 is 11.3 Å². The van der Waals surface area contributed by atoms with E-state index in [0.29, 0.717) is 16.7 Å². The number of benzene rings is 1. The number of hydrogen-bond acceptors (Lipinski definition) is 5. The Morgan fingerprint density at radius 1 is 1.20 bits per heavy atom. The van der Waals surface area contributed by atoms with Crippen LogP contribution in [-0.4, -0.2) is 14.2 Å². The summed E-state index contributed by atoms with van der Waals surface area (Å²) in [5.41, 5.74) is 3.50. The van der Waals surface area contributed by atoms with Gasteiger partial charge in [0.15, 0.2) is 11.5 Å². The number of thiophene rings is 1. The molecule has 0 fully saturated rings. The quantitative estimate of drug-likeness (QED) is 0.749. The van der Waals surface area contributed by atoms with Crippen molar-refractivity contribution in [3.8, 4) is 16.9 Å². The molecule has 1 aromatic carbocycles. The van der Waals surface area contributed by atoms with Crippen LogP contribution in [0.1, 0.15) is 67.9 Å². The van der Waals surface area contributed by atoms with Crippen molar-refractivity contribution in [1.29, 1.82) is 0 Å². The fourth-order valence-electron chi connectivity index (χ4n) is 2.92. The molecule has 1 aromatic heterocycles. The number of carbonyl (C=O) groups is 1. The van der Waals surface area contributed by atoms with Crippen LogP contribution in [0.5, 0.6) is 5.75 Å².